The molecule has 3 heterocycles. The molecule has 1 fully saturated rings. The van der Waals surface area contributed by atoms with Gasteiger partial charge in [0.05, 0.1) is 0 Å². The predicted octanol–water partition coefficient (Wildman–Crippen LogP) is 2.77. The molecule has 0 bridgehead atoms. The van der Waals surface area contributed by atoms with Crippen molar-refractivity contribution in [2.45, 2.75) is 6.54 Å². The molecule has 2 aromatic heterocycles. The number of nitro groups is 1. The van der Waals surface area contributed by atoms with E-state index in [1.165, 1.54) is 21.8 Å². The van der Waals surface area contributed by atoms with E-state index in [-0.39, 0.29) is 16.6 Å². The average molecular weight is 361 g/mol. The summed E-state index contributed by atoms with van der Waals surface area (Å²) in [4.78, 5) is 20.2. The standard InChI is InChI=1S/C16H16FN5O2S/c17-13-4-2-1-3-12(13)11-19-5-7-20(8-6-19)14-15(22(23)24)21-9-10-25-16(21)18-14/h1-4,9-10H,5-8,11H2. The molecule has 1 aromatic carbocycles. The topological polar surface area (TPSA) is 66.9 Å². The van der Waals surface area contributed by atoms with Gasteiger partial charge in [-0.25, -0.2) is 4.39 Å². The second-order valence-corrected chi connectivity index (χ2v) is 6.80. The highest BCUT2D eigenvalue weighted by Crippen LogP contribution is 2.31. The normalized spacial score (nSPS) is 15.8. The van der Waals surface area contributed by atoms with Gasteiger partial charge in [-0.3, -0.25) is 4.90 Å². The lowest BCUT2D eigenvalue weighted by molar-refractivity contribution is -0.389. The van der Waals surface area contributed by atoms with Crippen LogP contribution in [0.4, 0.5) is 16.0 Å². The molecular formula is C16H16FN5O2S. The third-order valence-corrected chi connectivity index (χ3v) is 5.17. The maximum atomic E-state index is 13.8. The quantitative estimate of drug-likeness (QED) is 0.528. The number of hydrogen-bond acceptors (Lipinski definition) is 6. The molecule has 3 aromatic rings. The summed E-state index contributed by atoms with van der Waals surface area (Å²) in [7, 11) is 0. The first kappa shape index (κ1) is 16.0. The van der Waals surface area contributed by atoms with Crippen LogP contribution in [0.5, 0.6) is 0 Å². The lowest BCUT2D eigenvalue weighted by atomic mass is 10.2. The summed E-state index contributed by atoms with van der Waals surface area (Å²) >= 11 is 1.38. The Balaban J connectivity index is 1.49. The molecule has 0 spiro atoms. The Labute approximate surface area is 147 Å². The molecule has 0 N–H and O–H groups in total. The average Bonchev–Trinajstić information content (AvgIpc) is 3.18. The van der Waals surface area contributed by atoms with Crippen molar-refractivity contribution in [2.24, 2.45) is 0 Å². The monoisotopic (exact) mass is 361 g/mol. The van der Waals surface area contributed by atoms with Crippen molar-refractivity contribution in [3.8, 4) is 0 Å². The molecule has 0 amide bonds. The summed E-state index contributed by atoms with van der Waals surface area (Å²) in [5, 5.41) is 13.2. The van der Waals surface area contributed by atoms with Gasteiger partial charge in [0.1, 0.15) is 12.0 Å². The van der Waals surface area contributed by atoms with E-state index in [4.69, 9.17) is 0 Å². The van der Waals surface area contributed by atoms with Gasteiger partial charge in [0.15, 0.2) is 0 Å². The number of hydrogen-bond donors (Lipinski definition) is 0. The van der Waals surface area contributed by atoms with Crippen LogP contribution in [0.15, 0.2) is 35.8 Å². The summed E-state index contributed by atoms with van der Waals surface area (Å²) in [6.07, 6.45) is 1.67. The zero-order chi connectivity index (χ0) is 17.4. The van der Waals surface area contributed by atoms with Crippen molar-refractivity contribution in [1.82, 2.24) is 14.3 Å². The van der Waals surface area contributed by atoms with Crippen molar-refractivity contribution in [2.75, 3.05) is 31.1 Å². The zero-order valence-corrected chi connectivity index (χ0v) is 14.2. The molecule has 1 aliphatic rings. The van der Waals surface area contributed by atoms with Crippen molar-refractivity contribution in [3.63, 3.8) is 0 Å². The molecule has 0 radical (unpaired) electrons. The Hall–Kier alpha value is -2.52. The third kappa shape index (κ3) is 2.96. The number of piperazine rings is 1. The first-order valence-corrected chi connectivity index (χ1v) is 8.82. The number of aromatic nitrogens is 2. The second-order valence-electron chi connectivity index (χ2n) is 5.93. The minimum atomic E-state index is -0.381. The lowest BCUT2D eigenvalue weighted by Gasteiger charge is -2.34. The first-order valence-electron chi connectivity index (χ1n) is 7.94. The molecule has 130 valence electrons. The second kappa shape index (κ2) is 6.41. The van der Waals surface area contributed by atoms with Gasteiger partial charge in [-0.15, -0.1) is 0 Å². The lowest BCUT2D eigenvalue weighted by Crippen LogP contribution is -2.46. The predicted molar refractivity (Wildman–Crippen MR) is 93.6 cm³/mol. The molecule has 0 atom stereocenters. The summed E-state index contributed by atoms with van der Waals surface area (Å²) < 4.78 is 15.3. The summed E-state index contributed by atoms with van der Waals surface area (Å²) in [5.41, 5.74) is 0.671. The highest BCUT2D eigenvalue weighted by Gasteiger charge is 2.30. The number of benzene rings is 1. The molecular weight excluding hydrogens is 345 g/mol. The van der Waals surface area contributed by atoms with Gasteiger partial charge in [0.2, 0.25) is 5.82 Å². The molecule has 7 nitrogen and oxygen atoms in total. The van der Waals surface area contributed by atoms with Gasteiger partial charge in [-0.1, -0.05) is 29.5 Å². The highest BCUT2D eigenvalue weighted by atomic mass is 32.1. The maximum absolute atomic E-state index is 13.8. The van der Waals surface area contributed by atoms with Crippen LogP contribution in [-0.2, 0) is 6.54 Å². The van der Waals surface area contributed by atoms with Crippen molar-refractivity contribution in [1.29, 1.82) is 0 Å². The maximum Gasteiger partial charge on any atom is 0.373 e. The molecule has 4 rings (SSSR count). The van der Waals surface area contributed by atoms with E-state index in [0.717, 1.165) is 0 Å². The largest absolute Gasteiger partial charge is 0.373 e. The fraction of sp³-hybridized carbons (Fsp3) is 0.312. The Morgan fingerprint density at radius 2 is 2.00 bits per heavy atom. The summed E-state index contributed by atoms with van der Waals surface area (Å²) in [5.74, 6) is 0.233. The van der Waals surface area contributed by atoms with Crippen LogP contribution in [0.2, 0.25) is 0 Å². The van der Waals surface area contributed by atoms with E-state index in [2.05, 4.69) is 9.88 Å². The van der Waals surface area contributed by atoms with E-state index in [9.17, 15) is 14.5 Å². The number of anilines is 1. The van der Waals surface area contributed by atoms with Crippen LogP contribution in [-0.4, -0.2) is 45.4 Å². The fourth-order valence-corrected chi connectivity index (χ4v) is 3.83. The highest BCUT2D eigenvalue weighted by molar-refractivity contribution is 7.15. The van der Waals surface area contributed by atoms with E-state index < -0.39 is 0 Å². The number of fused-ring (bicyclic) bond motifs is 1. The first-order chi connectivity index (χ1) is 12.1. The van der Waals surface area contributed by atoms with Gasteiger partial charge in [0.25, 0.3) is 4.96 Å². The van der Waals surface area contributed by atoms with Crippen LogP contribution < -0.4 is 4.90 Å². The minimum Gasteiger partial charge on any atom is -0.358 e. The SMILES string of the molecule is O=[N+]([O-])c1c(N2CCN(Cc3ccccc3F)CC2)nc2sccn12. The zero-order valence-electron chi connectivity index (χ0n) is 13.3. The number of rotatable bonds is 4. The molecule has 1 saturated heterocycles. The Kier molecular flexibility index (Phi) is 4.10. The summed E-state index contributed by atoms with van der Waals surface area (Å²) in [6.45, 7) is 3.20. The molecule has 0 unspecified atom stereocenters. The number of nitrogens with zero attached hydrogens (tertiary/aromatic N) is 5. The van der Waals surface area contributed by atoms with Crippen LogP contribution in [0.25, 0.3) is 4.96 Å². The minimum absolute atomic E-state index is 0.0128. The Bertz CT molecular complexity index is 916. The van der Waals surface area contributed by atoms with Crippen LogP contribution in [0, 0.1) is 15.9 Å². The van der Waals surface area contributed by atoms with Crippen molar-refractivity contribution in [3.05, 3.63) is 57.3 Å². The van der Waals surface area contributed by atoms with Crippen LogP contribution in [0.1, 0.15) is 5.56 Å². The molecule has 9 heteroatoms. The van der Waals surface area contributed by atoms with Crippen LogP contribution in [0.3, 0.4) is 0 Å². The number of thiazole rings is 1. The number of imidazole rings is 1. The number of halogens is 1. The smallest absolute Gasteiger partial charge is 0.358 e. The molecule has 0 saturated carbocycles. The van der Waals surface area contributed by atoms with Crippen molar-refractivity contribution >= 4 is 27.9 Å². The molecule has 0 aliphatic carbocycles. The van der Waals surface area contributed by atoms with E-state index in [1.54, 1.807) is 23.7 Å². The molecule has 25 heavy (non-hydrogen) atoms. The van der Waals surface area contributed by atoms with E-state index in [0.29, 0.717) is 49.1 Å². The van der Waals surface area contributed by atoms with Gasteiger partial charge in [0, 0.05) is 43.7 Å². The van der Waals surface area contributed by atoms with Crippen LogP contribution >= 0.6 is 11.3 Å². The van der Waals surface area contributed by atoms with Gasteiger partial charge in [-0.05, 0) is 11.0 Å². The van der Waals surface area contributed by atoms with E-state index >= 15 is 0 Å². The van der Waals surface area contributed by atoms with Gasteiger partial charge < -0.3 is 15.0 Å². The van der Waals surface area contributed by atoms with Gasteiger partial charge >= 0.3 is 5.82 Å². The van der Waals surface area contributed by atoms with Gasteiger partial charge in [-0.2, -0.15) is 9.38 Å². The Morgan fingerprint density at radius 3 is 2.72 bits per heavy atom. The summed E-state index contributed by atoms with van der Waals surface area (Å²) in [6, 6.07) is 6.76. The third-order valence-electron chi connectivity index (χ3n) is 4.42. The van der Waals surface area contributed by atoms with E-state index in [1.807, 2.05) is 11.0 Å². The Morgan fingerprint density at radius 1 is 1.24 bits per heavy atom. The van der Waals surface area contributed by atoms with Crippen molar-refractivity contribution < 1.29 is 9.31 Å². The molecule has 1 aliphatic heterocycles. The fourth-order valence-electron chi connectivity index (χ4n) is 3.13.